The van der Waals surface area contributed by atoms with Gasteiger partial charge in [0.05, 0.1) is 43.4 Å². The Balaban J connectivity index is 1.30. The van der Waals surface area contributed by atoms with Gasteiger partial charge in [-0.3, -0.25) is 4.68 Å². The predicted molar refractivity (Wildman–Crippen MR) is 154 cm³/mol. The molecule has 2 fully saturated rings. The maximum Gasteiger partial charge on any atom is 0.156 e. The van der Waals surface area contributed by atoms with Crippen LogP contribution in [0.2, 0.25) is 0 Å². The number of aliphatic hydroxyl groups excluding tert-OH is 1. The minimum absolute atomic E-state index is 0.0424. The van der Waals surface area contributed by atoms with Crippen molar-refractivity contribution in [1.29, 1.82) is 0 Å². The number of H-pyrrole nitrogens is 1. The van der Waals surface area contributed by atoms with Gasteiger partial charge in [0.1, 0.15) is 5.52 Å². The van der Waals surface area contributed by atoms with Crippen molar-refractivity contribution >= 4 is 16.9 Å². The highest BCUT2D eigenvalue weighted by molar-refractivity contribution is 5.91. The van der Waals surface area contributed by atoms with E-state index in [0.717, 1.165) is 79.0 Å². The molecule has 3 aromatic heterocycles. The van der Waals surface area contributed by atoms with Crippen molar-refractivity contribution in [3.8, 4) is 22.4 Å². The summed E-state index contributed by atoms with van der Waals surface area (Å²) in [7, 11) is 0. The first kappa shape index (κ1) is 26.0. The molecule has 2 saturated heterocycles. The first-order chi connectivity index (χ1) is 19.1. The monoisotopic (exact) mass is 529 g/mol. The Morgan fingerprint density at radius 1 is 1.10 bits per heavy atom. The Hall–Kier alpha value is -3.27. The molecule has 1 unspecified atom stereocenters. The number of aryl methyl sites for hydroxylation is 2. The molecule has 4 aromatic rings. The molecular weight excluding hydrogens is 490 g/mol. The number of hydrogen-bond acceptors (Lipinski definition) is 7. The highest BCUT2D eigenvalue weighted by Crippen LogP contribution is 2.34. The molecular formula is C30H39N7O2. The van der Waals surface area contributed by atoms with Gasteiger partial charge in [-0.2, -0.15) is 5.10 Å². The number of likely N-dealkylation sites (tertiary alicyclic amines) is 1. The lowest BCUT2D eigenvalue weighted by molar-refractivity contribution is 0.00350. The molecule has 1 aromatic carbocycles. The molecule has 2 aliphatic heterocycles. The fraction of sp³-hybridized carbons (Fsp3) is 0.500. The number of ether oxygens (including phenoxy) is 1. The number of anilines is 1. The molecule has 5 heterocycles. The van der Waals surface area contributed by atoms with Gasteiger partial charge in [0.15, 0.2) is 5.65 Å². The number of nitrogens with zero attached hydrogens (tertiary/aromatic N) is 6. The summed E-state index contributed by atoms with van der Waals surface area (Å²) in [5.74, 6) is 0. The van der Waals surface area contributed by atoms with E-state index >= 15 is 0 Å². The number of rotatable bonds is 7. The summed E-state index contributed by atoms with van der Waals surface area (Å²) in [6.07, 6.45) is 11.0. The van der Waals surface area contributed by atoms with Gasteiger partial charge in [-0.05, 0) is 56.0 Å². The second-order valence-corrected chi connectivity index (χ2v) is 10.8. The van der Waals surface area contributed by atoms with E-state index in [1.54, 1.807) is 0 Å². The summed E-state index contributed by atoms with van der Waals surface area (Å²) in [5.41, 5.74) is 9.40. The lowest BCUT2D eigenvalue weighted by Crippen LogP contribution is -2.44. The Labute approximate surface area is 229 Å². The summed E-state index contributed by atoms with van der Waals surface area (Å²) in [5, 5.41) is 14.4. The van der Waals surface area contributed by atoms with Crippen LogP contribution in [0.5, 0.6) is 0 Å². The van der Waals surface area contributed by atoms with Crippen LogP contribution in [0.15, 0.2) is 36.9 Å². The van der Waals surface area contributed by atoms with Gasteiger partial charge in [-0.15, -0.1) is 0 Å². The lowest BCUT2D eigenvalue weighted by Gasteiger charge is -2.36. The maximum atomic E-state index is 9.63. The molecule has 2 aliphatic rings. The highest BCUT2D eigenvalue weighted by atomic mass is 16.5. The molecule has 6 rings (SSSR count). The number of nitrogens with one attached hydrogen (secondary N) is 1. The van der Waals surface area contributed by atoms with E-state index in [1.165, 1.54) is 16.8 Å². The number of hydrogen-bond donors (Lipinski definition) is 2. The molecule has 0 saturated carbocycles. The molecule has 0 aliphatic carbocycles. The van der Waals surface area contributed by atoms with E-state index in [-0.39, 0.29) is 12.7 Å². The van der Waals surface area contributed by atoms with Crippen molar-refractivity contribution < 1.29 is 9.84 Å². The maximum absolute atomic E-state index is 9.63. The van der Waals surface area contributed by atoms with Crippen LogP contribution in [0.3, 0.4) is 0 Å². The Kier molecular flexibility index (Phi) is 7.38. The molecule has 0 bridgehead atoms. The zero-order chi connectivity index (χ0) is 26.9. The van der Waals surface area contributed by atoms with Crippen LogP contribution in [0.1, 0.15) is 43.9 Å². The summed E-state index contributed by atoms with van der Waals surface area (Å²) < 4.78 is 7.83. The van der Waals surface area contributed by atoms with E-state index in [4.69, 9.17) is 19.8 Å². The van der Waals surface area contributed by atoms with Crippen LogP contribution in [0, 0.1) is 6.92 Å². The number of aromatic amines is 1. The number of benzene rings is 1. The topological polar surface area (TPSA) is 95.3 Å². The molecule has 206 valence electrons. The summed E-state index contributed by atoms with van der Waals surface area (Å²) in [4.78, 5) is 18.0. The van der Waals surface area contributed by atoms with Crippen molar-refractivity contribution in [2.75, 3.05) is 50.8 Å². The van der Waals surface area contributed by atoms with Crippen LogP contribution in [-0.2, 0) is 11.2 Å². The third-order valence-electron chi connectivity index (χ3n) is 8.39. The number of aliphatic hydroxyl groups is 1. The fourth-order valence-electron chi connectivity index (χ4n) is 6.18. The van der Waals surface area contributed by atoms with Crippen LogP contribution >= 0.6 is 0 Å². The molecule has 0 spiro atoms. The number of morpholine rings is 1. The van der Waals surface area contributed by atoms with Crippen molar-refractivity contribution in [3.05, 3.63) is 48.0 Å². The third kappa shape index (κ3) is 5.06. The number of fused-ring (bicyclic) bond motifs is 1. The molecule has 0 radical (unpaired) electrons. The van der Waals surface area contributed by atoms with E-state index in [9.17, 15) is 5.11 Å². The van der Waals surface area contributed by atoms with E-state index in [0.29, 0.717) is 19.2 Å². The molecule has 0 amide bonds. The van der Waals surface area contributed by atoms with E-state index < -0.39 is 0 Å². The number of piperidine rings is 1. The second-order valence-electron chi connectivity index (χ2n) is 10.8. The quantitative estimate of drug-likeness (QED) is 0.370. The lowest BCUT2D eigenvalue weighted by atomic mass is 9.98. The van der Waals surface area contributed by atoms with Gasteiger partial charge in [-0.25, -0.2) is 9.97 Å². The van der Waals surface area contributed by atoms with Crippen LogP contribution < -0.4 is 4.90 Å². The second kappa shape index (κ2) is 11.1. The van der Waals surface area contributed by atoms with Crippen LogP contribution in [-0.4, -0.2) is 86.8 Å². The molecule has 9 nitrogen and oxygen atoms in total. The van der Waals surface area contributed by atoms with Gasteiger partial charge in [0, 0.05) is 61.0 Å². The molecule has 1 atom stereocenters. The van der Waals surface area contributed by atoms with Gasteiger partial charge >= 0.3 is 0 Å². The average Bonchev–Trinajstić information content (AvgIpc) is 3.64. The molecule has 9 heteroatoms. The van der Waals surface area contributed by atoms with Crippen molar-refractivity contribution in [3.63, 3.8) is 0 Å². The van der Waals surface area contributed by atoms with Gasteiger partial charge in [0.2, 0.25) is 0 Å². The standard InChI is InChI=1S/C30H39N7O2/c1-4-21-13-22(12-20(3)29(21)36-10-11-39-25(18-36)19-38)27-16-32-30-28(34-27)26(15-31-30)23-14-33-37(17-23)24-6-8-35(5-2)9-7-24/h12-17,24-25,38H,4-11,18-19H2,1-3H3,(H,31,32). The van der Waals surface area contributed by atoms with E-state index in [2.05, 4.69) is 58.6 Å². The highest BCUT2D eigenvalue weighted by Gasteiger charge is 2.24. The Bertz CT molecular complexity index is 1440. The summed E-state index contributed by atoms with van der Waals surface area (Å²) in [6.45, 7) is 12.2. The zero-order valence-electron chi connectivity index (χ0n) is 23.2. The normalized spacial score (nSPS) is 19.3. The Morgan fingerprint density at radius 2 is 1.95 bits per heavy atom. The van der Waals surface area contributed by atoms with Crippen molar-refractivity contribution in [2.24, 2.45) is 0 Å². The van der Waals surface area contributed by atoms with Crippen molar-refractivity contribution in [2.45, 2.75) is 52.2 Å². The zero-order valence-corrected chi connectivity index (χ0v) is 23.2. The number of aromatic nitrogens is 5. The SMILES string of the molecule is CCc1cc(-c2cnc3[nH]cc(-c4cnn(C5CCN(CC)CC5)c4)c3n2)cc(C)c1N1CCOC(CO)C1. The minimum Gasteiger partial charge on any atom is -0.394 e. The minimum atomic E-state index is -0.142. The smallest absolute Gasteiger partial charge is 0.156 e. The Morgan fingerprint density at radius 3 is 2.72 bits per heavy atom. The summed E-state index contributed by atoms with van der Waals surface area (Å²) in [6, 6.07) is 4.90. The summed E-state index contributed by atoms with van der Waals surface area (Å²) >= 11 is 0. The van der Waals surface area contributed by atoms with E-state index in [1.807, 2.05) is 18.6 Å². The van der Waals surface area contributed by atoms with Crippen LogP contribution in [0.25, 0.3) is 33.5 Å². The van der Waals surface area contributed by atoms with Crippen molar-refractivity contribution in [1.82, 2.24) is 29.6 Å². The largest absolute Gasteiger partial charge is 0.394 e. The van der Waals surface area contributed by atoms with Gasteiger partial charge in [0.25, 0.3) is 0 Å². The van der Waals surface area contributed by atoms with Crippen LogP contribution in [0.4, 0.5) is 5.69 Å². The van der Waals surface area contributed by atoms with Gasteiger partial charge < -0.3 is 24.6 Å². The first-order valence-electron chi connectivity index (χ1n) is 14.3. The predicted octanol–water partition coefficient (Wildman–Crippen LogP) is 4.21. The average molecular weight is 530 g/mol. The molecule has 2 N–H and O–H groups in total. The van der Waals surface area contributed by atoms with Gasteiger partial charge in [-0.1, -0.05) is 13.8 Å². The first-order valence-corrected chi connectivity index (χ1v) is 14.3. The third-order valence-corrected chi connectivity index (χ3v) is 8.39. The fourth-order valence-corrected chi connectivity index (χ4v) is 6.18. The molecule has 39 heavy (non-hydrogen) atoms.